The second-order valence-electron chi connectivity index (χ2n) is 7.33. The van der Waals surface area contributed by atoms with Gasteiger partial charge in [0.2, 0.25) is 0 Å². The highest BCUT2D eigenvalue weighted by atomic mass is 35.5. The number of carbonyl (C=O) groups excluding carboxylic acids is 1. The summed E-state index contributed by atoms with van der Waals surface area (Å²) in [6.07, 6.45) is 6.99. The smallest absolute Gasteiger partial charge is 0.251 e. The lowest BCUT2D eigenvalue weighted by Gasteiger charge is -2.42. The minimum absolute atomic E-state index is 0. The average Bonchev–Trinajstić information content (AvgIpc) is 3.04. The van der Waals surface area contributed by atoms with Crippen LogP contribution in [0.2, 0.25) is 0 Å². The Hall–Kier alpha value is -0.0700. The molecule has 0 aromatic rings. The predicted octanol–water partition coefficient (Wildman–Crippen LogP) is 2.06. The fourth-order valence-electron chi connectivity index (χ4n) is 4.18. The van der Waals surface area contributed by atoms with Gasteiger partial charge in [-0.15, -0.1) is 24.8 Å². The van der Waals surface area contributed by atoms with Crippen molar-refractivity contribution in [2.24, 2.45) is 11.7 Å². The first-order valence-corrected chi connectivity index (χ1v) is 9.05. The molecule has 0 spiro atoms. The summed E-state index contributed by atoms with van der Waals surface area (Å²) < 4.78 is 5.75. The lowest BCUT2D eigenvalue weighted by molar-refractivity contribution is -0.145. The Morgan fingerprint density at radius 2 is 1.62 bits per heavy atom. The van der Waals surface area contributed by atoms with Crippen LogP contribution < -0.4 is 5.73 Å². The highest BCUT2D eigenvalue weighted by Gasteiger charge is 2.35. The van der Waals surface area contributed by atoms with Crippen LogP contribution in [-0.4, -0.2) is 66.7 Å². The summed E-state index contributed by atoms with van der Waals surface area (Å²) in [6.45, 7) is 6.66. The van der Waals surface area contributed by atoms with Crippen LogP contribution in [0.1, 0.15) is 45.4 Å². The molecule has 5 nitrogen and oxygen atoms in total. The average molecular weight is 382 g/mol. The Balaban J connectivity index is 0.00000144. The molecule has 3 fully saturated rings. The predicted molar refractivity (Wildman–Crippen MR) is 101 cm³/mol. The largest absolute Gasteiger partial charge is 0.364 e. The molecule has 0 radical (unpaired) electrons. The van der Waals surface area contributed by atoms with Crippen molar-refractivity contribution in [1.29, 1.82) is 0 Å². The molecule has 142 valence electrons. The van der Waals surface area contributed by atoms with Crippen LogP contribution in [0.15, 0.2) is 0 Å². The molecule has 2 atom stereocenters. The highest BCUT2D eigenvalue weighted by molar-refractivity contribution is 5.85. The zero-order valence-corrected chi connectivity index (χ0v) is 16.3. The molecule has 0 aromatic heterocycles. The fourth-order valence-corrected chi connectivity index (χ4v) is 4.18. The number of nitrogens with zero attached hydrogens (tertiary/aromatic N) is 2. The summed E-state index contributed by atoms with van der Waals surface area (Å²) in [5, 5.41) is 0. The molecule has 3 rings (SSSR count). The third-order valence-electron chi connectivity index (χ3n) is 5.77. The molecule has 2 N–H and O–H groups in total. The number of amides is 1. The van der Waals surface area contributed by atoms with Crippen molar-refractivity contribution >= 4 is 30.7 Å². The van der Waals surface area contributed by atoms with Crippen molar-refractivity contribution in [2.75, 3.05) is 32.7 Å². The van der Waals surface area contributed by atoms with Crippen LogP contribution in [0.4, 0.5) is 0 Å². The first-order chi connectivity index (χ1) is 10.7. The van der Waals surface area contributed by atoms with Crippen LogP contribution in [-0.2, 0) is 9.53 Å². The van der Waals surface area contributed by atoms with E-state index in [1.807, 2.05) is 4.90 Å². The zero-order valence-electron chi connectivity index (χ0n) is 14.7. The van der Waals surface area contributed by atoms with Gasteiger partial charge in [0.25, 0.3) is 5.91 Å². The number of halogens is 2. The maximum absolute atomic E-state index is 12.5. The topological polar surface area (TPSA) is 58.8 Å². The zero-order chi connectivity index (χ0) is 15.5. The number of ether oxygens (including phenoxy) is 1. The van der Waals surface area contributed by atoms with Gasteiger partial charge in [-0.05, 0) is 44.4 Å². The van der Waals surface area contributed by atoms with E-state index in [9.17, 15) is 4.79 Å². The van der Waals surface area contributed by atoms with Gasteiger partial charge in [0.1, 0.15) is 6.10 Å². The summed E-state index contributed by atoms with van der Waals surface area (Å²) in [7, 11) is 0. The van der Waals surface area contributed by atoms with Crippen LogP contribution in [0.3, 0.4) is 0 Å². The highest BCUT2D eigenvalue weighted by Crippen LogP contribution is 2.28. The summed E-state index contributed by atoms with van der Waals surface area (Å²) in [4.78, 5) is 17.1. The van der Waals surface area contributed by atoms with E-state index in [0.717, 1.165) is 51.0 Å². The van der Waals surface area contributed by atoms with Gasteiger partial charge in [-0.2, -0.15) is 0 Å². The molecular formula is C17H33Cl2N3O2. The first kappa shape index (κ1) is 22.0. The SMILES string of the molecule is CC1CCC(N2CCN(C(=O)[C@@H]3CC[C@H](CN)O3)CC2)CC1.Cl.Cl. The number of rotatable bonds is 3. The molecule has 7 heteroatoms. The maximum Gasteiger partial charge on any atom is 0.251 e. The second kappa shape index (κ2) is 10.2. The van der Waals surface area contributed by atoms with Crippen molar-refractivity contribution in [3.8, 4) is 0 Å². The number of piperazine rings is 1. The van der Waals surface area contributed by atoms with Gasteiger partial charge in [-0.25, -0.2) is 0 Å². The number of nitrogens with two attached hydrogens (primary N) is 1. The van der Waals surface area contributed by atoms with Crippen LogP contribution >= 0.6 is 24.8 Å². The number of hydrogen-bond donors (Lipinski definition) is 1. The molecule has 1 saturated carbocycles. The summed E-state index contributed by atoms with van der Waals surface area (Å²) in [6, 6.07) is 0.748. The number of carbonyl (C=O) groups is 1. The molecule has 0 aromatic carbocycles. The van der Waals surface area contributed by atoms with Crippen LogP contribution in [0.5, 0.6) is 0 Å². The minimum Gasteiger partial charge on any atom is -0.364 e. The Labute approximate surface area is 158 Å². The maximum atomic E-state index is 12.5. The third-order valence-corrected chi connectivity index (χ3v) is 5.77. The molecule has 0 unspecified atom stereocenters. The Bertz CT molecular complexity index is 384. The Kier molecular flexibility index (Phi) is 9.31. The molecule has 2 heterocycles. The van der Waals surface area contributed by atoms with E-state index in [4.69, 9.17) is 10.5 Å². The van der Waals surface area contributed by atoms with Gasteiger partial charge in [0.15, 0.2) is 0 Å². The van der Waals surface area contributed by atoms with E-state index in [1.165, 1.54) is 25.7 Å². The van der Waals surface area contributed by atoms with E-state index >= 15 is 0 Å². The lowest BCUT2D eigenvalue weighted by atomic mass is 9.86. The molecule has 1 amide bonds. The standard InChI is InChI=1S/C17H31N3O2.2ClH/c1-13-2-4-14(5-3-13)19-8-10-20(11-9-19)17(21)16-7-6-15(12-18)22-16;;/h13-16H,2-12,18H2,1H3;2*1H/t13?,14?,15-,16+;;/m1../s1. The van der Waals surface area contributed by atoms with Crippen LogP contribution in [0, 0.1) is 5.92 Å². The van der Waals surface area contributed by atoms with Crippen molar-refractivity contribution in [1.82, 2.24) is 9.80 Å². The summed E-state index contributed by atoms with van der Waals surface area (Å²) in [5.41, 5.74) is 5.63. The molecular weight excluding hydrogens is 349 g/mol. The van der Waals surface area contributed by atoms with Crippen molar-refractivity contribution in [2.45, 2.75) is 63.7 Å². The van der Waals surface area contributed by atoms with Crippen molar-refractivity contribution < 1.29 is 9.53 Å². The third kappa shape index (κ3) is 5.21. The normalized spacial score (nSPS) is 34.3. The minimum atomic E-state index is -0.240. The molecule has 0 bridgehead atoms. The molecule has 24 heavy (non-hydrogen) atoms. The van der Waals surface area contributed by atoms with E-state index in [1.54, 1.807) is 0 Å². The molecule has 3 aliphatic rings. The summed E-state index contributed by atoms with van der Waals surface area (Å²) in [5.74, 6) is 1.09. The van der Waals surface area contributed by atoms with Crippen LogP contribution in [0.25, 0.3) is 0 Å². The van der Waals surface area contributed by atoms with Gasteiger partial charge < -0.3 is 15.4 Å². The van der Waals surface area contributed by atoms with Gasteiger partial charge in [-0.3, -0.25) is 9.69 Å². The Morgan fingerprint density at radius 3 is 2.17 bits per heavy atom. The van der Waals surface area contributed by atoms with Crippen molar-refractivity contribution in [3.05, 3.63) is 0 Å². The van der Waals surface area contributed by atoms with Gasteiger partial charge in [0, 0.05) is 38.8 Å². The Morgan fingerprint density at radius 1 is 1.00 bits per heavy atom. The van der Waals surface area contributed by atoms with Gasteiger partial charge in [0.05, 0.1) is 6.10 Å². The van der Waals surface area contributed by atoms with E-state index in [0.29, 0.717) is 6.54 Å². The molecule has 2 saturated heterocycles. The monoisotopic (exact) mass is 381 g/mol. The fraction of sp³-hybridized carbons (Fsp3) is 0.941. The first-order valence-electron chi connectivity index (χ1n) is 9.05. The van der Waals surface area contributed by atoms with E-state index in [-0.39, 0.29) is 42.9 Å². The summed E-state index contributed by atoms with van der Waals surface area (Å²) >= 11 is 0. The molecule has 1 aliphatic carbocycles. The van der Waals surface area contributed by atoms with Gasteiger partial charge in [-0.1, -0.05) is 6.92 Å². The van der Waals surface area contributed by atoms with Crippen molar-refractivity contribution in [3.63, 3.8) is 0 Å². The number of hydrogen-bond acceptors (Lipinski definition) is 4. The van der Waals surface area contributed by atoms with E-state index < -0.39 is 0 Å². The second-order valence-corrected chi connectivity index (χ2v) is 7.33. The quantitative estimate of drug-likeness (QED) is 0.812. The van der Waals surface area contributed by atoms with E-state index in [2.05, 4.69) is 11.8 Å². The lowest BCUT2D eigenvalue weighted by Crippen LogP contribution is -2.54. The molecule has 2 aliphatic heterocycles. The van der Waals surface area contributed by atoms with Gasteiger partial charge >= 0.3 is 0 Å².